The van der Waals surface area contributed by atoms with Crippen LogP contribution in [0, 0.1) is 5.82 Å². The van der Waals surface area contributed by atoms with E-state index in [2.05, 4.69) is 64.8 Å². The van der Waals surface area contributed by atoms with Crippen molar-refractivity contribution in [3.05, 3.63) is 58.4 Å². The molecule has 1 heterocycles. The Kier molecular flexibility index (Phi) is 9.24. The highest BCUT2D eigenvalue weighted by atomic mass is 35.5. The van der Waals surface area contributed by atoms with Crippen LogP contribution in [0.3, 0.4) is 0 Å². The monoisotopic (exact) mass is 542 g/mol. The molecule has 0 saturated carbocycles. The molecular formula is C29H36ClFN4OS. The molecule has 1 N–H and O–H groups in total. The van der Waals surface area contributed by atoms with Gasteiger partial charge in [-0.15, -0.1) is 0 Å². The fourth-order valence-electron chi connectivity index (χ4n) is 4.75. The molecule has 0 aliphatic heterocycles. The van der Waals surface area contributed by atoms with Gasteiger partial charge in [0, 0.05) is 37.1 Å². The summed E-state index contributed by atoms with van der Waals surface area (Å²) in [5, 5.41) is 5.30. The Morgan fingerprint density at radius 2 is 2.05 bits per heavy atom. The molecule has 0 saturated heterocycles. The van der Waals surface area contributed by atoms with E-state index in [0.29, 0.717) is 27.8 Å². The third-order valence-electron chi connectivity index (χ3n) is 6.76. The highest BCUT2D eigenvalue weighted by molar-refractivity contribution is 7.11. The van der Waals surface area contributed by atoms with Gasteiger partial charge in [0.1, 0.15) is 16.3 Å². The molecule has 0 bridgehead atoms. The largest absolute Gasteiger partial charge is 0.497 e. The van der Waals surface area contributed by atoms with Gasteiger partial charge in [0.2, 0.25) is 0 Å². The van der Waals surface area contributed by atoms with Crippen molar-refractivity contribution in [2.75, 3.05) is 59.3 Å². The lowest BCUT2D eigenvalue weighted by atomic mass is 9.83. The lowest BCUT2D eigenvalue weighted by Gasteiger charge is -2.24. The highest BCUT2D eigenvalue weighted by Gasteiger charge is 2.25. The van der Waals surface area contributed by atoms with E-state index in [1.54, 1.807) is 7.11 Å². The Bertz CT molecular complexity index is 1300. The Morgan fingerprint density at radius 3 is 2.78 bits per heavy atom. The minimum Gasteiger partial charge on any atom is -0.497 e. The maximum absolute atomic E-state index is 16.2. The molecule has 5 nitrogen and oxygen atoms in total. The second kappa shape index (κ2) is 12.4. The normalized spacial score (nSPS) is 15.2. The molecule has 1 atom stereocenters. The number of rotatable bonds is 11. The molecule has 2 aromatic carbocycles. The lowest BCUT2D eigenvalue weighted by Crippen LogP contribution is -2.31. The van der Waals surface area contributed by atoms with Crippen molar-refractivity contribution in [3.63, 3.8) is 0 Å². The lowest BCUT2D eigenvalue weighted by molar-refractivity contribution is 0.414. The van der Waals surface area contributed by atoms with Gasteiger partial charge in [0.15, 0.2) is 5.82 Å². The van der Waals surface area contributed by atoms with E-state index in [1.807, 2.05) is 25.2 Å². The van der Waals surface area contributed by atoms with E-state index in [9.17, 15) is 0 Å². The number of aromatic nitrogens is 1. The minimum absolute atomic E-state index is 0.317. The van der Waals surface area contributed by atoms with Crippen molar-refractivity contribution < 1.29 is 9.13 Å². The number of allylic oxidation sites excluding steroid dienone is 1. The molecule has 0 fully saturated rings. The maximum atomic E-state index is 16.2. The van der Waals surface area contributed by atoms with Crippen molar-refractivity contribution in [1.82, 2.24) is 14.6 Å². The number of ether oxygens (including phenoxy) is 1. The molecule has 198 valence electrons. The Hall–Kier alpha value is -2.45. The topological polar surface area (TPSA) is 40.6 Å². The minimum atomic E-state index is -0.383. The van der Waals surface area contributed by atoms with Crippen LogP contribution in [-0.2, 0) is 0 Å². The second-order valence-electron chi connectivity index (χ2n) is 9.76. The Morgan fingerprint density at radius 1 is 1.24 bits per heavy atom. The fraction of sp³-hybridized carbons (Fsp3) is 0.414. The number of hydrogen-bond acceptors (Lipinski definition) is 6. The van der Waals surface area contributed by atoms with Crippen molar-refractivity contribution in [3.8, 4) is 16.9 Å². The van der Waals surface area contributed by atoms with Gasteiger partial charge in [0.05, 0.1) is 12.1 Å². The molecular weight excluding hydrogens is 507 g/mol. The summed E-state index contributed by atoms with van der Waals surface area (Å²) in [5.41, 5.74) is 3.63. The number of hydrogen-bond donors (Lipinski definition) is 1. The van der Waals surface area contributed by atoms with E-state index in [1.165, 1.54) is 11.5 Å². The van der Waals surface area contributed by atoms with Crippen LogP contribution in [0.1, 0.15) is 36.8 Å². The first-order chi connectivity index (χ1) is 17.8. The quantitative estimate of drug-likeness (QED) is 0.269. The summed E-state index contributed by atoms with van der Waals surface area (Å²) >= 11 is 8.19. The molecule has 4 rings (SSSR count). The van der Waals surface area contributed by atoms with E-state index in [-0.39, 0.29) is 5.82 Å². The third-order valence-corrected chi connectivity index (χ3v) is 7.99. The number of anilines is 1. The first-order valence-electron chi connectivity index (χ1n) is 12.7. The van der Waals surface area contributed by atoms with Gasteiger partial charge < -0.3 is 19.9 Å². The molecule has 8 heteroatoms. The van der Waals surface area contributed by atoms with Crippen LogP contribution >= 0.6 is 23.1 Å². The number of halogens is 2. The SMILES string of the molecule is CNCCN(CC/C=C/CN(C)C)c1snc2c(F)c(-c3cc(OC)cc4c3C=CCC4C)c(Cl)cc12. The zero-order valence-electron chi connectivity index (χ0n) is 22.3. The van der Waals surface area contributed by atoms with Crippen molar-refractivity contribution in [2.24, 2.45) is 0 Å². The van der Waals surface area contributed by atoms with E-state index in [0.717, 1.165) is 66.1 Å². The van der Waals surface area contributed by atoms with Gasteiger partial charge in [0.25, 0.3) is 0 Å². The molecule has 1 aromatic heterocycles. The summed E-state index contributed by atoms with van der Waals surface area (Å²) in [6.07, 6.45) is 10.4. The van der Waals surface area contributed by atoms with E-state index >= 15 is 4.39 Å². The van der Waals surface area contributed by atoms with Crippen LogP contribution in [0.2, 0.25) is 5.02 Å². The van der Waals surface area contributed by atoms with Gasteiger partial charge in [-0.2, -0.15) is 4.37 Å². The summed E-state index contributed by atoms with van der Waals surface area (Å²) in [4.78, 5) is 4.40. The van der Waals surface area contributed by atoms with Gasteiger partial charge >= 0.3 is 0 Å². The highest BCUT2D eigenvalue weighted by Crippen LogP contribution is 2.45. The number of benzene rings is 2. The van der Waals surface area contributed by atoms with Gasteiger partial charge in [-0.25, -0.2) is 4.39 Å². The molecule has 3 aromatic rings. The van der Waals surface area contributed by atoms with Crippen molar-refractivity contribution >= 4 is 45.1 Å². The average Bonchev–Trinajstić information content (AvgIpc) is 3.29. The summed E-state index contributed by atoms with van der Waals surface area (Å²) < 4.78 is 26.4. The molecule has 1 aliphatic rings. The van der Waals surface area contributed by atoms with Crippen LogP contribution in [0.4, 0.5) is 9.39 Å². The van der Waals surface area contributed by atoms with Crippen LogP contribution in [0.5, 0.6) is 5.75 Å². The number of methoxy groups -OCH3 is 1. The molecule has 0 amide bonds. The van der Waals surface area contributed by atoms with Gasteiger partial charge in [-0.3, -0.25) is 0 Å². The summed E-state index contributed by atoms with van der Waals surface area (Å²) in [6, 6.07) is 5.80. The molecule has 0 spiro atoms. The number of fused-ring (bicyclic) bond motifs is 2. The molecule has 0 radical (unpaired) electrons. The van der Waals surface area contributed by atoms with Gasteiger partial charge in [-0.05, 0) is 86.3 Å². The Labute approximate surface area is 228 Å². The zero-order valence-corrected chi connectivity index (χ0v) is 23.8. The Balaban J connectivity index is 1.75. The van der Waals surface area contributed by atoms with Crippen molar-refractivity contribution in [2.45, 2.75) is 25.7 Å². The number of nitrogens with zero attached hydrogens (tertiary/aromatic N) is 3. The van der Waals surface area contributed by atoms with Crippen LogP contribution in [0.25, 0.3) is 28.1 Å². The van der Waals surface area contributed by atoms with Crippen LogP contribution in [0.15, 0.2) is 36.4 Å². The number of likely N-dealkylation sites (N-methyl/N-ethyl adjacent to an activating group) is 2. The fourth-order valence-corrected chi connectivity index (χ4v) is 5.95. The third kappa shape index (κ3) is 6.01. The predicted octanol–water partition coefficient (Wildman–Crippen LogP) is 6.82. The maximum Gasteiger partial charge on any atom is 0.159 e. The standard InChI is InChI=1S/C29H36ClFN4OS/c1-19-10-9-11-21-22(19)16-20(36-5)17-23(21)26-25(30)18-24-28(27(26)31)33-37-29(24)35(15-12-32-2)14-8-6-7-13-34(3)4/h6-7,9,11,16-19,32H,8,10,12-15H2,1-5H3/b7-6+. The first kappa shape index (κ1) is 27.6. The molecule has 1 aliphatic carbocycles. The summed E-state index contributed by atoms with van der Waals surface area (Å²) in [5.74, 6) is 0.635. The van der Waals surface area contributed by atoms with Crippen molar-refractivity contribution in [1.29, 1.82) is 0 Å². The smallest absolute Gasteiger partial charge is 0.159 e. The number of nitrogens with one attached hydrogen (secondary N) is 1. The second-order valence-corrected chi connectivity index (χ2v) is 10.9. The zero-order chi connectivity index (χ0) is 26.5. The predicted molar refractivity (Wildman–Crippen MR) is 157 cm³/mol. The molecule has 1 unspecified atom stereocenters. The summed E-state index contributed by atoms with van der Waals surface area (Å²) in [6.45, 7) is 5.51. The van der Waals surface area contributed by atoms with Gasteiger partial charge in [-0.1, -0.05) is 42.8 Å². The van der Waals surface area contributed by atoms with Crippen LogP contribution < -0.4 is 15.0 Å². The van der Waals surface area contributed by atoms with Crippen LogP contribution in [-0.4, -0.2) is 63.7 Å². The first-order valence-corrected chi connectivity index (χ1v) is 13.9. The summed E-state index contributed by atoms with van der Waals surface area (Å²) in [7, 11) is 7.68. The van der Waals surface area contributed by atoms with E-state index in [4.69, 9.17) is 16.3 Å². The average molecular weight is 543 g/mol. The van der Waals surface area contributed by atoms with E-state index < -0.39 is 0 Å². The molecule has 37 heavy (non-hydrogen) atoms.